The second kappa shape index (κ2) is 5.17. The lowest BCUT2D eigenvalue weighted by atomic mass is 10.1. The van der Waals surface area contributed by atoms with Crippen molar-refractivity contribution in [2.24, 2.45) is 0 Å². The Bertz CT molecular complexity index is 154. The average Bonchev–Trinajstić information content (AvgIpc) is 1.78. The molecule has 0 saturated heterocycles. The van der Waals surface area contributed by atoms with Gasteiger partial charge < -0.3 is 14.4 Å². The van der Waals surface area contributed by atoms with Crippen molar-refractivity contribution in [2.75, 3.05) is 0 Å². The van der Waals surface area contributed by atoms with E-state index in [2.05, 4.69) is 41.3 Å². The second-order valence-corrected chi connectivity index (χ2v) is 7.57. The zero-order chi connectivity index (χ0) is 10.7. The number of halogens is 2. The van der Waals surface area contributed by atoms with Crippen molar-refractivity contribution in [3.63, 3.8) is 0 Å². The highest BCUT2D eigenvalue weighted by Gasteiger charge is 2.34. The van der Waals surface area contributed by atoms with Crippen molar-refractivity contribution in [1.29, 1.82) is 0 Å². The number of rotatable bonds is 5. The van der Waals surface area contributed by atoms with Crippen LogP contribution < -0.4 is 0 Å². The average molecular weight is 340 g/mol. The van der Waals surface area contributed by atoms with E-state index in [1.165, 1.54) is 0 Å². The highest BCUT2D eigenvalue weighted by molar-refractivity contribution is 9.10. The molecule has 0 rings (SSSR count). The van der Waals surface area contributed by atoms with Crippen molar-refractivity contribution in [1.82, 2.24) is 0 Å². The first-order chi connectivity index (χ1) is 5.60. The van der Waals surface area contributed by atoms with Crippen molar-refractivity contribution in [3.8, 4) is 0 Å². The van der Waals surface area contributed by atoms with E-state index in [0.29, 0.717) is 6.42 Å². The Kier molecular flexibility index (Phi) is 5.56. The zero-order valence-electron chi connectivity index (χ0n) is 7.20. The van der Waals surface area contributed by atoms with Gasteiger partial charge in [0.2, 0.25) is 0 Å². The summed E-state index contributed by atoms with van der Waals surface area (Å²) >= 11 is 6.44. The first-order valence-electron chi connectivity index (χ1n) is 3.45. The Morgan fingerprint density at radius 3 is 2.15 bits per heavy atom. The fourth-order valence-electron chi connectivity index (χ4n) is 0.532. The summed E-state index contributed by atoms with van der Waals surface area (Å²) in [7, 11) is -4.56. The molecule has 0 aromatic carbocycles. The van der Waals surface area contributed by atoms with Crippen molar-refractivity contribution < 1.29 is 23.9 Å². The van der Waals surface area contributed by atoms with Gasteiger partial charge in [0.05, 0.1) is 0 Å². The molecule has 1 unspecified atom stereocenters. The summed E-state index contributed by atoms with van der Waals surface area (Å²) in [5.41, 5.74) is 0. The van der Waals surface area contributed by atoms with Gasteiger partial charge in [0.25, 0.3) is 0 Å². The molecule has 0 aliphatic carbocycles. The maximum Gasteiger partial charge on any atom is 0.699 e. The van der Waals surface area contributed by atoms with E-state index in [1.807, 2.05) is 13.8 Å². The predicted octanol–water partition coefficient (Wildman–Crippen LogP) is 0.632. The van der Waals surface area contributed by atoms with E-state index in [1.54, 1.807) is 0 Å². The van der Waals surface area contributed by atoms with Gasteiger partial charge in [-0.1, -0.05) is 31.9 Å². The lowest BCUT2D eigenvalue weighted by Crippen LogP contribution is -2.40. The minimum Gasteiger partial charge on any atom is -0.366 e. The molecule has 13 heavy (non-hydrogen) atoms. The summed E-state index contributed by atoms with van der Waals surface area (Å²) in [5, 5.41) is -0.528. The lowest BCUT2D eigenvalue weighted by Gasteiger charge is -2.20. The molecule has 0 radical (unpaired) electrons. The van der Waals surface area contributed by atoms with E-state index in [9.17, 15) is 0 Å². The van der Waals surface area contributed by atoms with Gasteiger partial charge in [-0.2, -0.15) is 4.58 Å². The molecule has 5 nitrogen and oxygen atoms in total. The van der Waals surface area contributed by atoms with Gasteiger partial charge in [0.1, 0.15) is 5.01 Å². The summed E-state index contributed by atoms with van der Waals surface area (Å²) in [6.45, 7) is 3.82. The molecule has 0 aliphatic rings. The van der Waals surface area contributed by atoms with Crippen LogP contribution in [0.1, 0.15) is 20.3 Å². The van der Waals surface area contributed by atoms with Crippen LogP contribution in [0.4, 0.5) is 0 Å². The molecule has 0 fully saturated rings. The number of hydrogen-bond acceptors (Lipinski definition) is 5. The Balaban J connectivity index is 3.70. The molecular weight excluding hydrogens is 328 g/mol. The first kappa shape index (κ1) is 14.0. The molecule has 0 aliphatic heterocycles. The van der Waals surface area contributed by atoms with Crippen LogP contribution >= 0.6 is 31.9 Å². The van der Waals surface area contributed by atoms with Gasteiger partial charge in [-0.3, -0.25) is 0 Å². The fourth-order valence-corrected chi connectivity index (χ4v) is 2.53. The van der Waals surface area contributed by atoms with E-state index in [0.717, 1.165) is 0 Å². The van der Waals surface area contributed by atoms with Crippen LogP contribution in [0.2, 0.25) is 0 Å². The molecule has 0 saturated carbocycles. The van der Waals surface area contributed by atoms with E-state index >= 15 is 0 Å². The molecule has 80 valence electrons. The highest BCUT2D eigenvalue weighted by atomic mass is 79.9. The van der Waals surface area contributed by atoms with E-state index < -0.39 is 14.1 Å². The SMILES string of the molecule is CC(C)(Br)CC(Br)OO[Si](O)(O)O. The molecule has 0 aromatic heterocycles. The Morgan fingerprint density at radius 2 is 1.85 bits per heavy atom. The van der Waals surface area contributed by atoms with Crippen LogP contribution in [0.15, 0.2) is 0 Å². The van der Waals surface area contributed by atoms with Gasteiger partial charge >= 0.3 is 9.05 Å². The van der Waals surface area contributed by atoms with Gasteiger partial charge in [-0.15, -0.1) is 0 Å². The molecule has 3 N–H and O–H groups in total. The molecule has 8 heteroatoms. The van der Waals surface area contributed by atoms with Crippen molar-refractivity contribution in [2.45, 2.75) is 29.6 Å². The maximum atomic E-state index is 8.44. The molecule has 0 amide bonds. The number of hydrogen-bond donors (Lipinski definition) is 3. The molecule has 0 aromatic rings. The predicted molar refractivity (Wildman–Crippen MR) is 54.9 cm³/mol. The van der Waals surface area contributed by atoms with Gasteiger partial charge in [-0.05, 0) is 13.8 Å². The fraction of sp³-hybridized carbons (Fsp3) is 1.00. The van der Waals surface area contributed by atoms with Gasteiger partial charge in [-0.25, -0.2) is 4.89 Å². The van der Waals surface area contributed by atoms with Crippen LogP contribution in [-0.2, 0) is 9.46 Å². The quantitative estimate of drug-likeness (QED) is 0.296. The monoisotopic (exact) mass is 338 g/mol. The van der Waals surface area contributed by atoms with E-state index in [-0.39, 0.29) is 4.32 Å². The van der Waals surface area contributed by atoms with Crippen LogP contribution in [0.3, 0.4) is 0 Å². The van der Waals surface area contributed by atoms with Crippen LogP contribution in [0.25, 0.3) is 0 Å². The van der Waals surface area contributed by atoms with Crippen LogP contribution in [-0.4, -0.2) is 32.8 Å². The Hall–Kier alpha value is 0.977. The summed E-state index contributed by atoms with van der Waals surface area (Å²) in [6.07, 6.45) is 0.525. The third kappa shape index (κ3) is 10.9. The largest absolute Gasteiger partial charge is 0.699 e. The highest BCUT2D eigenvalue weighted by Crippen LogP contribution is 2.26. The van der Waals surface area contributed by atoms with Crippen molar-refractivity contribution in [3.05, 3.63) is 0 Å². The summed E-state index contributed by atoms with van der Waals surface area (Å²) in [5.74, 6) is 0. The van der Waals surface area contributed by atoms with E-state index in [4.69, 9.17) is 14.4 Å². The van der Waals surface area contributed by atoms with Crippen LogP contribution in [0, 0.1) is 0 Å². The standard InChI is InChI=1S/C5H12Br2O5Si/c1-5(2,7)3-4(6)11-12-13(8,9)10/h4,8-10H,3H2,1-2H3. The Labute approximate surface area is 94.3 Å². The molecule has 0 heterocycles. The minimum absolute atomic E-state index is 0.172. The summed E-state index contributed by atoms with van der Waals surface area (Å²) in [6, 6.07) is 0. The molecular formula is C5H12Br2O5Si. The third-order valence-electron chi connectivity index (χ3n) is 0.910. The topological polar surface area (TPSA) is 79.2 Å². The second-order valence-electron chi connectivity index (χ2n) is 3.09. The Morgan fingerprint density at radius 1 is 1.38 bits per heavy atom. The minimum atomic E-state index is -4.56. The molecule has 0 bridgehead atoms. The zero-order valence-corrected chi connectivity index (χ0v) is 11.4. The maximum absolute atomic E-state index is 8.44. The third-order valence-corrected chi connectivity index (χ3v) is 2.03. The smallest absolute Gasteiger partial charge is 0.366 e. The molecule has 0 spiro atoms. The number of alkyl halides is 2. The molecule has 1 atom stereocenters. The summed E-state index contributed by atoms with van der Waals surface area (Å²) in [4.78, 5) is 29.8. The summed E-state index contributed by atoms with van der Waals surface area (Å²) < 4.78 is 3.80. The normalized spacial score (nSPS) is 15.9. The van der Waals surface area contributed by atoms with Crippen LogP contribution in [0.5, 0.6) is 0 Å². The van der Waals surface area contributed by atoms with Crippen molar-refractivity contribution >= 4 is 40.9 Å². The first-order valence-corrected chi connectivity index (χ1v) is 6.90. The lowest BCUT2D eigenvalue weighted by molar-refractivity contribution is -0.271. The van der Waals surface area contributed by atoms with Gasteiger partial charge in [0.15, 0.2) is 0 Å². The van der Waals surface area contributed by atoms with Gasteiger partial charge in [0, 0.05) is 10.7 Å².